The van der Waals surface area contributed by atoms with Crippen LogP contribution in [0.4, 0.5) is 17.3 Å². The number of pyridine rings is 1. The van der Waals surface area contributed by atoms with Gasteiger partial charge >= 0.3 is 0 Å². The Kier molecular flexibility index (Phi) is 11.0. The zero-order chi connectivity index (χ0) is 25.6. The molecule has 2 N–H and O–H groups in total. The number of nitrogens with zero attached hydrogens (tertiary/aromatic N) is 5. The largest absolute Gasteiger partial charge is 0.471 e. The number of hydrogen-bond donors (Lipinski definition) is 2. The smallest absolute Gasteiger partial charge is 0.261 e. The van der Waals surface area contributed by atoms with E-state index in [-0.39, 0.29) is 0 Å². The highest BCUT2D eigenvalue weighted by Crippen LogP contribution is 2.18. The van der Waals surface area contributed by atoms with Crippen LogP contribution in [0.3, 0.4) is 0 Å². The summed E-state index contributed by atoms with van der Waals surface area (Å²) in [4.78, 5) is 15.9. The predicted molar refractivity (Wildman–Crippen MR) is 152 cm³/mol. The SMILES string of the molecule is CCCN(CCC)c1cc(N/N=C/c2cccc(C)c2)nc(CCCOC(=S)Nc2cccnc2)n1. The first-order valence-electron chi connectivity index (χ1n) is 12.4. The summed E-state index contributed by atoms with van der Waals surface area (Å²) >= 11 is 5.27. The van der Waals surface area contributed by atoms with Crippen LogP contribution in [0.2, 0.25) is 0 Å². The molecule has 9 heteroatoms. The van der Waals surface area contributed by atoms with Crippen molar-refractivity contribution in [1.82, 2.24) is 15.0 Å². The lowest BCUT2D eigenvalue weighted by Crippen LogP contribution is -2.26. The fourth-order valence-electron chi connectivity index (χ4n) is 3.60. The van der Waals surface area contributed by atoms with Crippen LogP contribution >= 0.6 is 12.2 Å². The van der Waals surface area contributed by atoms with Gasteiger partial charge in [-0.3, -0.25) is 10.4 Å². The van der Waals surface area contributed by atoms with E-state index in [0.29, 0.717) is 24.0 Å². The molecule has 0 aliphatic carbocycles. The first-order chi connectivity index (χ1) is 17.6. The Balaban J connectivity index is 1.64. The minimum atomic E-state index is 0.322. The van der Waals surface area contributed by atoms with Crippen LogP contribution in [-0.4, -0.2) is 46.0 Å². The molecule has 0 saturated heterocycles. The molecule has 0 unspecified atom stereocenters. The summed E-state index contributed by atoms with van der Waals surface area (Å²) in [6.07, 6.45) is 8.68. The lowest BCUT2D eigenvalue weighted by molar-refractivity contribution is 0.304. The third kappa shape index (κ3) is 9.22. The van der Waals surface area contributed by atoms with Gasteiger partial charge in [0.15, 0.2) is 5.82 Å². The van der Waals surface area contributed by atoms with Gasteiger partial charge in [-0.05, 0) is 56.1 Å². The van der Waals surface area contributed by atoms with Gasteiger partial charge in [0.05, 0.1) is 24.7 Å². The van der Waals surface area contributed by atoms with E-state index in [1.165, 1.54) is 5.56 Å². The van der Waals surface area contributed by atoms with Crippen LogP contribution in [0.5, 0.6) is 0 Å². The van der Waals surface area contributed by atoms with Gasteiger partial charge in [-0.2, -0.15) is 5.10 Å². The normalized spacial score (nSPS) is 10.9. The number of nitrogens with one attached hydrogen (secondary N) is 2. The summed E-state index contributed by atoms with van der Waals surface area (Å²) in [6.45, 7) is 8.75. The Labute approximate surface area is 219 Å². The summed E-state index contributed by atoms with van der Waals surface area (Å²) < 4.78 is 5.66. The molecule has 0 amide bonds. The molecule has 3 aromatic rings. The first-order valence-corrected chi connectivity index (χ1v) is 12.8. The summed E-state index contributed by atoms with van der Waals surface area (Å²) in [5, 5.41) is 7.75. The lowest BCUT2D eigenvalue weighted by Gasteiger charge is -2.23. The number of benzene rings is 1. The van der Waals surface area contributed by atoms with Crippen LogP contribution in [0, 0.1) is 6.92 Å². The number of ether oxygens (including phenoxy) is 1. The van der Waals surface area contributed by atoms with Gasteiger partial charge in [0.1, 0.15) is 11.6 Å². The third-order valence-corrected chi connectivity index (χ3v) is 5.41. The number of aryl methyl sites for hydroxylation is 2. The van der Waals surface area contributed by atoms with E-state index in [1.807, 2.05) is 30.3 Å². The van der Waals surface area contributed by atoms with Crippen LogP contribution in [0.25, 0.3) is 0 Å². The van der Waals surface area contributed by atoms with Gasteiger partial charge in [-0.1, -0.05) is 43.7 Å². The standard InChI is InChI=1S/C27H35N7OS/c1-4-14-34(15-5-2)26-18-25(33-29-19-22-10-6-9-21(3)17-22)31-24(32-26)12-8-16-35-27(36)30-23-11-7-13-28-20-23/h6-7,9-11,13,17-20H,4-5,8,12,14-16H2,1-3H3,(H,30,36)(H,31,32,33)/b29-19+. The zero-order valence-electron chi connectivity index (χ0n) is 21.3. The van der Waals surface area contributed by atoms with Crippen molar-refractivity contribution in [2.45, 2.75) is 46.5 Å². The molecule has 0 aliphatic heterocycles. The summed E-state index contributed by atoms with van der Waals surface area (Å²) in [6, 6.07) is 13.9. The van der Waals surface area contributed by atoms with Crippen molar-refractivity contribution in [2.24, 2.45) is 5.10 Å². The van der Waals surface area contributed by atoms with Crippen LogP contribution < -0.4 is 15.6 Å². The molecule has 0 bridgehead atoms. The summed E-state index contributed by atoms with van der Waals surface area (Å²) in [5.41, 5.74) is 6.11. The molecule has 190 valence electrons. The average molecular weight is 506 g/mol. The van der Waals surface area contributed by atoms with Crippen molar-refractivity contribution in [1.29, 1.82) is 0 Å². The van der Waals surface area contributed by atoms with Crippen molar-refractivity contribution in [2.75, 3.05) is 35.3 Å². The van der Waals surface area contributed by atoms with E-state index in [0.717, 1.165) is 55.2 Å². The van der Waals surface area contributed by atoms with Crippen LogP contribution in [0.15, 0.2) is 60.0 Å². The fourth-order valence-corrected chi connectivity index (χ4v) is 3.81. The molecule has 0 fully saturated rings. The highest BCUT2D eigenvalue weighted by Gasteiger charge is 2.11. The molecule has 0 radical (unpaired) electrons. The Morgan fingerprint density at radius 1 is 1.11 bits per heavy atom. The number of aromatic nitrogens is 3. The average Bonchev–Trinajstić information content (AvgIpc) is 2.87. The van der Waals surface area contributed by atoms with E-state index in [4.69, 9.17) is 26.9 Å². The minimum Gasteiger partial charge on any atom is -0.471 e. The quantitative estimate of drug-likeness (QED) is 0.134. The third-order valence-electron chi connectivity index (χ3n) is 5.19. The molecule has 0 spiro atoms. The molecule has 2 aromatic heterocycles. The number of hydrazone groups is 1. The fraction of sp³-hybridized carbons (Fsp3) is 0.370. The van der Waals surface area contributed by atoms with Crippen molar-refractivity contribution >= 4 is 40.9 Å². The lowest BCUT2D eigenvalue weighted by atomic mass is 10.2. The second kappa shape index (κ2) is 14.7. The van der Waals surface area contributed by atoms with E-state index in [9.17, 15) is 0 Å². The Morgan fingerprint density at radius 2 is 1.94 bits per heavy atom. The second-order valence-corrected chi connectivity index (χ2v) is 8.78. The molecule has 1 aromatic carbocycles. The van der Waals surface area contributed by atoms with Gasteiger partial charge < -0.3 is 15.0 Å². The van der Waals surface area contributed by atoms with Gasteiger partial charge in [-0.15, -0.1) is 0 Å². The van der Waals surface area contributed by atoms with E-state index < -0.39 is 0 Å². The van der Waals surface area contributed by atoms with Crippen molar-refractivity contribution in [3.05, 3.63) is 71.8 Å². The monoisotopic (exact) mass is 505 g/mol. The Bertz CT molecular complexity index is 1120. The Morgan fingerprint density at radius 3 is 2.67 bits per heavy atom. The van der Waals surface area contributed by atoms with E-state index in [1.54, 1.807) is 18.6 Å². The molecule has 3 rings (SSSR count). The maximum absolute atomic E-state index is 5.66. The van der Waals surface area contributed by atoms with Gasteiger partial charge in [-0.25, -0.2) is 9.97 Å². The van der Waals surface area contributed by atoms with Gasteiger partial charge in [0.25, 0.3) is 5.17 Å². The van der Waals surface area contributed by atoms with E-state index >= 15 is 0 Å². The molecule has 0 aliphatic rings. The first kappa shape index (κ1) is 27.0. The second-order valence-electron chi connectivity index (χ2n) is 8.40. The summed E-state index contributed by atoms with van der Waals surface area (Å²) in [7, 11) is 0. The maximum Gasteiger partial charge on any atom is 0.261 e. The number of rotatable bonds is 13. The van der Waals surface area contributed by atoms with Crippen LogP contribution in [0.1, 0.15) is 50.1 Å². The van der Waals surface area contributed by atoms with Gasteiger partial charge in [0, 0.05) is 31.8 Å². The number of thiocarbonyl (C=S) groups is 1. The highest BCUT2D eigenvalue weighted by atomic mass is 32.1. The molecule has 8 nitrogen and oxygen atoms in total. The topological polar surface area (TPSA) is 87.6 Å². The molecular weight excluding hydrogens is 470 g/mol. The number of anilines is 3. The Hall–Kier alpha value is -3.59. The van der Waals surface area contributed by atoms with Crippen LogP contribution in [-0.2, 0) is 11.2 Å². The van der Waals surface area contributed by atoms with Crippen molar-refractivity contribution < 1.29 is 4.74 Å². The minimum absolute atomic E-state index is 0.322. The van der Waals surface area contributed by atoms with Crippen molar-refractivity contribution in [3.63, 3.8) is 0 Å². The van der Waals surface area contributed by atoms with Crippen molar-refractivity contribution in [3.8, 4) is 0 Å². The highest BCUT2D eigenvalue weighted by molar-refractivity contribution is 7.80. The molecule has 0 saturated carbocycles. The molecule has 2 heterocycles. The predicted octanol–water partition coefficient (Wildman–Crippen LogP) is 5.60. The number of hydrogen-bond acceptors (Lipinski definition) is 8. The van der Waals surface area contributed by atoms with Gasteiger partial charge in [0.2, 0.25) is 0 Å². The molecule has 36 heavy (non-hydrogen) atoms. The maximum atomic E-state index is 5.66. The molecule has 0 atom stereocenters. The molecular formula is C27H35N7OS. The van der Waals surface area contributed by atoms with E-state index in [2.05, 4.69) is 58.6 Å². The summed E-state index contributed by atoms with van der Waals surface area (Å²) in [5.74, 6) is 2.32. The zero-order valence-corrected chi connectivity index (χ0v) is 22.1.